The molecule has 8 nitrogen and oxygen atoms in total. The van der Waals surface area contributed by atoms with E-state index in [1.165, 1.54) is 0 Å². The maximum atomic E-state index is 13.4. The van der Waals surface area contributed by atoms with Gasteiger partial charge in [0.2, 0.25) is 5.91 Å². The van der Waals surface area contributed by atoms with E-state index in [9.17, 15) is 4.79 Å². The number of amides is 1. The average Bonchev–Trinajstić information content (AvgIpc) is 3.23. The molecule has 1 N–H and O–H groups in total. The number of aromatic nitrogens is 4. The summed E-state index contributed by atoms with van der Waals surface area (Å²) in [4.78, 5) is 15.6. The fourth-order valence-corrected chi connectivity index (χ4v) is 4.83. The molecule has 0 bridgehead atoms. The first-order valence-corrected chi connectivity index (χ1v) is 11.8. The number of ether oxygens (including phenoxy) is 1. The lowest BCUT2D eigenvalue weighted by atomic mass is 9.73. The molecule has 5 rings (SSSR count). The van der Waals surface area contributed by atoms with Gasteiger partial charge < -0.3 is 15.0 Å². The summed E-state index contributed by atoms with van der Waals surface area (Å²) in [6.45, 7) is 9.98. The third-order valence-corrected chi connectivity index (χ3v) is 6.86. The molecule has 2 saturated heterocycles. The lowest BCUT2D eigenvalue weighted by molar-refractivity contribution is -0.130. The number of anilines is 1. The maximum Gasteiger partial charge on any atom is 0.230 e. The van der Waals surface area contributed by atoms with Gasteiger partial charge in [-0.25, -0.2) is 0 Å². The molecule has 4 heterocycles. The van der Waals surface area contributed by atoms with E-state index in [1.54, 1.807) is 0 Å². The summed E-state index contributed by atoms with van der Waals surface area (Å²) in [6, 6.07) is 14.1. The molecule has 174 valence electrons. The molecular formula is C25H32N6O2. The average molecular weight is 449 g/mol. The summed E-state index contributed by atoms with van der Waals surface area (Å²) in [7, 11) is 0. The minimum atomic E-state index is -0.493. The molecule has 2 aliphatic heterocycles. The van der Waals surface area contributed by atoms with Crippen molar-refractivity contribution in [3.8, 4) is 0 Å². The smallest absolute Gasteiger partial charge is 0.230 e. The lowest BCUT2D eigenvalue weighted by Gasteiger charge is -2.41. The van der Waals surface area contributed by atoms with Crippen molar-refractivity contribution in [2.75, 3.05) is 37.7 Å². The first kappa shape index (κ1) is 21.8. The van der Waals surface area contributed by atoms with Crippen LogP contribution in [0.15, 0.2) is 42.5 Å². The van der Waals surface area contributed by atoms with Gasteiger partial charge in [-0.3, -0.25) is 4.79 Å². The molecule has 2 aliphatic rings. The van der Waals surface area contributed by atoms with Crippen LogP contribution in [0.2, 0.25) is 0 Å². The molecule has 0 radical (unpaired) electrons. The van der Waals surface area contributed by atoms with Crippen LogP contribution in [0, 0.1) is 5.92 Å². The topological polar surface area (TPSA) is 84.7 Å². The van der Waals surface area contributed by atoms with Crippen molar-refractivity contribution >= 4 is 17.4 Å². The van der Waals surface area contributed by atoms with E-state index in [2.05, 4.69) is 53.3 Å². The van der Waals surface area contributed by atoms with E-state index in [-0.39, 0.29) is 11.3 Å². The number of rotatable bonds is 5. The molecule has 1 amide bonds. The Balaban J connectivity index is 1.22. The molecule has 2 aromatic heterocycles. The van der Waals surface area contributed by atoms with Crippen LogP contribution < -0.4 is 10.2 Å². The van der Waals surface area contributed by atoms with E-state index in [0.717, 1.165) is 48.8 Å². The Labute approximate surface area is 194 Å². The largest absolute Gasteiger partial charge is 0.381 e. The molecule has 0 spiro atoms. The van der Waals surface area contributed by atoms with E-state index < -0.39 is 5.41 Å². The van der Waals surface area contributed by atoms with E-state index >= 15 is 0 Å². The zero-order valence-electron chi connectivity index (χ0n) is 19.6. The second-order valence-corrected chi connectivity index (χ2v) is 10.3. The van der Waals surface area contributed by atoms with Gasteiger partial charge in [-0.05, 0) is 30.5 Å². The first-order valence-electron chi connectivity index (χ1n) is 11.8. The van der Waals surface area contributed by atoms with Gasteiger partial charge >= 0.3 is 0 Å². The van der Waals surface area contributed by atoms with Crippen LogP contribution in [0.25, 0.3) is 5.65 Å². The van der Waals surface area contributed by atoms with E-state index in [1.807, 2.05) is 34.8 Å². The zero-order valence-corrected chi connectivity index (χ0v) is 19.6. The van der Waals surface area contributed by atoms with E-state index in [0.29, 0.717) is 25.7 Å². The van der Waals surface area contributed by atoms with Crippen LogP contribution in [0.1, 0.15) is 45.0 Å². The molecule has 0 aliphatic carbocycles. The second kappa shape index (κ2) is 8.41. The van der Waals surface area contributed by atoms with Crippen molar-refractivity contribution in [1.29, 1.82) is 0 Å². The Morgan fingerprint density at radius 3 is 2.52 bits per heavy atom. The summed E-state index contributed by atoms with van der Waals surface area (Å²) in [5.74, 6) is 2.29. The number of nitrogens with one attached hydrogen (secondary N) is 1. The zero-order chi connectivity index (χ0) is 23.1. The highest BCUT2D eigenvalue weighted by Crippen LogP contribution is 2.35. The molecule has 1 aromatic carbocycles. The number of nitrogens with zero attached hydrogens (tertiary/aromatic N) is 5. The molecule has 8 heteroatoms. The highest BCUT2D eigenvalue weighted by atomic mass is 16.5. The maximum absolute atomic E-state index is 13.4. The Bertz CT molecular complexity index is 1120. The molecular weight excluding hydrogens is 416 g/mol. The van der Waals surface area contributed by atoms with Crippen LogP contribution >= 0.6 is 0 Å². The van der Waals surface area contributed by atoms with Crippen molar-refractivity contribution in [3.63, 3.8) is 0 Å². The normalized spacial score (nSPS) is 18.8. The summed E-state index contributed by atoms with van der Waals surface area (Å²) in [6.07, 6.45) is 1.44. The fraction of sp³-hybridized carbons (Fsp3) is 0.520. The lowest BCUT2D eigenvalue weighted by Crippen LogP contribution is -2.55. The Kier molecular flexibility index (Phi) is 5.56. The number of hydrogen-bond donors (Lipinski definition) is 1. The fourth-order valence-electron chi connectivity index (χ4n) is 4.83. The first-order chi connectivity index (χ1) is 15.9. The number of carbonyl (C=O) groups is 1. The van der Waals surface area contributed by atoms with Crippen LogP contribution in [0.5, 0.6) is 0 Å². The third-order valence-electron chi connectivity index (χ3n) is 6.86. The van der Waals surface area contributed by atoms with Crippen LogP contribution in [0.4, 0.5) is 5.82 Å². The van der Waals surface area contributed by atoms with Gasteiger partial charge in [0.1, 0.15) is 5.82 Å². The van der Waals surface area contributed by atoms with Gasteiger partial charge in [0.15, 0.2) is 11.5 Å². The van der Waals surface area contributed by atoms with Gasteiger partial charge in [-0.15, -0.1) is 15.3 Å². The molecule has 0 atom stereocenters. The predicted molar refractivity (Wildman–Crippen MR) is 126 cm³/mol. The van der Waals surface area contributed by atoms with Crippen molar-refractivity contribution in [2.24, 2.45) is 5.92 Å². The van der Waals surface area contributed by atoms with Gasteiger partial charge in [-0.2, -0.15) is 4.52 Å². The summed E-state index contributed by atoms with van der Waals surface area (Å²) >= 11 is 0. The highest BCUT2D eigenvalue weighted by Gasteiger charge is 2.42. The molecule has 0 unspecified atom stereocenters. The van der Waals surface area contributed by atoms with Crippen LogP contribution in [-0.4, -0.2) is 58.6 Å². The number of fused-ring (bicyclic) bond motifs is 1. The van der Waals surface area contributed by atoms with Gasteiger partial charge in [0, 0.05) is 44.2 Å². The number of carbonyl (C=O) groups excluding carboxylic acids is 1. The van der Waals surface area contributed by atoms with Gasteiger partial charge in [0.05, 0.1) is 5.41 Å². The van der Waals surface area contributed by atoms with E-state index in [4.69, 9.17) is 9.84 Å². The Morgan fingerprint density at radius 1 is 1.09 bits per heavy atom. The van der Waals surface area contributed by atoms with Crippen molar-refractivity contribution in [3.05, 3.63) is 53.9 Å². The molecule has 3 aromatic rings. The minimum Gasteiger partial charge on any atom is -0.381 e. The SMILES string of the molecule is CC(C)(C)c1nnc2ccc(N3CC(CNC(=O)C4(c5ccccc5)CCOCC4)C3)nn12. The molecule has 0 saturated carbocycles. The molecule has 33 heavy (non-hydrogen) atoms. The van der Waals surface area contributed by atoms with Gasteiger partial charge in [0.25, 0.3) is 0 Å². The van der Waals surface area contributed by atoms with Gasteiger partial charge in [-0.1, -0.05) is 51.1 Å². The number of benzene rings is 1. The van der Waals surface area contributed by atoms with Crippen molar-refractivity contribution < 1.29 is 9.53 Å². The monoisotopic (exact) mass is 448 g/mol. The predicted octanol–water partition coefficient (Wildman–Crippen LogP) is 2.72. The number of hydrogen-bond acceptors (Lipinski definition) is 6. The molecule has 2 fully saturated rings. The van der Waals surface area contributed by atoms with Crippen LogP contribution in [-0.2, 0) is 20.4 Å². The summed E-state index contributed by atoms with van der Waals surface area (Å²) in [5.41, 5.74) is 1.22. The van der Waals surface area contributed by atoms with Crippen LogP contribution in [0.3, 0.4) is 0 Å². The Hall–Kier alpha value is -3.00. The van der Waals surface area contributed by atoms with Crippen molar-refractivity contribution in [1.82, 2.24) is 25.1 Å². The quantitative estimate of drug-likeness (QED) is 0.646. The summed E-state index contributed by atoms with van der Waals surface area (Å²) < 4.78 is 7.41. The highest BCUT2D eigenvalue weighted by molar-refractivity contribution is 5.88. The standard InChI is InChI=1S/C25H32N6O2/c1-24(2,3)22-28-27-20-9-10-21(29-31(20)22)30-16-18(17-30)15-26-23(32)25(11-13-33-14-12-25)19-7-5-4-6-8-19/h4-10,18H,11-17H2,1-3H3,(H,26,32). The van der Waals surface area contributed by atoms with Crippen molar-refractivity contribution in [2.45, 2.75) is 44.4 Å². The second-order valence-electron chi connectivity index (χ2n) is 10.3. The minimum absolute atomic E-state index is 0.120. The summed E-state index contributed by atoms with van der Waals surface area (Å²) in [5, 5.41) is 16.6. The Morgan fingerprint density at radius 2 is 1.82 bits per heavy atom. The third kappa shape index (κ3) is 4.08.